The number of ether oxygens (including phenoxy) is 3. The fourth-order valence-electron chi connectivity index (χ4n) is 10.6. The van der Waals surface area contributed by atoms with Gasteiger partial charge in [0.25, 0.3) is 0 Å². The normalized spacial score (nSPS) is 30.9. The van der Waals surface area contributed by atoms with Crippen LogP contribution in [0.4, 0.5) is 0 Å². The van der Waals surface area contributed by atoms with Gasteiger partial charge in [-0.25, -0.2) is 9.59 Å². The van der Waals surface area contributed by atoms with Crippen molar-refractivity contribution in [3.63, 3.8) is 0 Å². The summed E-state index contributed by atoms with van der Waals surface area (Å²) in [6, 6.07) is 15.7. The Hall–Kier alpha value is -4.79. The molecule has 54 heavy (non-hydrogen) atoms. The van der Waals surface area contributed by atoms with Gasteiger partial charge in [0.15, 0.2) is 17.2 Å². The summed E-state index contributed by atoms with van der Waals surface area (Å²) in [6.07, 6.45) is 9.48. The molecule has 2 fully saturated rings. The lowest BCUT2D eigenvalue weighted by Gasteiger charge is -2.58. The van der Waals surface area contributed by atoms with Crippen molar-refractivity contribution in [2.45, 2.75) is 111 Å². The Balaban J connectivity index is 0.000000167. The fourth-order valence-corrected chi connectivity index (χ4v) is 10.6. The van der Waals surface area contributed by atoms with Crippen molar-refractivity contribution in [2.75, 3.05) is 0 Å². The average molecular weight is 735 g/mol. The summed E-state index contributed by atoms with van der Waals surface area (Å²) < 4.78 is 22.8. The second kappa shape index (κ2) is 13.5. The molecule has 8 rings (SSSR count). The van der Waals surface area contributed by atoms with E-state index >= 15 is 0 Å². The standard InChI is InChI=1S/C24H32O4.C21H18O5/c1-14-12-18-19(22(4)9-6-17(27)13-21(14)22)7-10-23(5)20(18)8-11-24(23,15(2)25)28-16(3)26;1-21(2,26-20(23)13-6-4-3-5-7-13)18-11-15-10-14-8-9-19(22)25-16(14)12-17(15)24-18/h12-13,18-20H,6-11H2,1-5H3;3-10,12,18H,11H2,1-2H3. The van der Waals surface area contributed by atoms with Gasteiger partial charge < -0.3 is 18.6 Å². The molecule has 0 radical (unpaired) electrons. The molecule has 1 aromatic heterocycles. The lowest BCUT2D eigenvalue weighted by molar-refractivity contribution is -0.185. The molecule has 2 aromatic carbocycles. The number of rotatable bonds is 5. The number of benzene rings is 2. The van der Waals surface area contributed by atoms with Gasteiger partial charge in [0.2, 0.25) is 0 Å². The number of allylic oxidation sites excluding steroid dienone is 4. The van der Waals surface area contributed by atoms with Crippen LogP contribution in [0.3, 0.4) is 0 Å². The smallest absolute Gasteiger partial charge is 0.338 e. The summed E-state index contributed by atoms with van der Waals surface area (Å²) in [5.41, 5.74) is 1.92. The zero-order valence-electron chi connectivity index (χ0n) is 32.3. The van der Waals surface area contributed by atoms with Gasteiger partial charge in [0, 0.05) is 42.7 Å². The quantitative estimate of drug-likeness (QED) is 0.188. The molecule has 2 saturated carbocycles. The van der Waals surface area contributed by atoms with Gasteiger partial charge in [-0.3, -0.25) is 14.4 Å². The third-order valence-corrected chi connectivity index (χ3v) is 13.5. The van der Waals surface area contributed by atoms with Crippen LogP contribution < -0.4 is 10.4 Å². The Labute approximate surface area is 316 Å². The second-order valence-electron chi connectivity index (χ2n) is 17.0. The summed E-state index contributed by atoms with van der Waals surface area (Å²) in [5, 5.41) is 0.840. The molecule has 0 N–H and O–H groups in total. The van der Waals surface area contributed by atoms with E-state index in [2.05, 4.69) is 26.8 Å². The molecule has 0 bridgehead atoms. The Bertz CT molecular complexity index is 2160. The molecule has 4 aliphatic carbocycles. The van der Waals surface area contributed by atoms with Crippen LogP contribution in [0.5, 0.6) is 5.75 Å². The van der Waals surface area contributed by atoms with Gasteiger partial charge in [0.05, 0.1) is 5.56 Å². The van der Waals surface area contributed by atoms with E-state index in [1.807, 2.05) is 32.1 Å². The van der Waals surface area contributed by atoms with Crippen molar-refractivity contribution < 1.29 is 37.8 Å². The third kappa shape index (κ3) is 6.23. The highest BCUT2D eigenvalue weighted by Gasteiger charge is 2.67. The molecule has 0 saturated heterocycles. The molecule has 9 heteroatoms. The third-order valence-electron chi connectivity index (χ3n) is 13.5. The molecule has 3 aromatic rings. The van der Waals surface area contributed by atoms with Crippen molar-refractivity contribution in [1.29, 1.82) is 0 Å². The van der Waals surface area contributed by atoms with Crippen molar-refractivity contribution >= 4 is 34.5 Å². The predicted molar refractivity (Wildman–Crippen MR) is 203 cm³/mol. The molecule has 5 aliphatic rings. The summed E-state index contributed by atoms with van der Waals surface area (Å²) in [4.78, 5) is 60.5. The number of carbonyl (C=O) groups is 4. The maximum absolute atomic E-state index is 12.8. The van der Waals surface area contributed by atoms with Crippen molar-refractivity contribution in [3.8, 4) is 5.75 Å². The minimum Gasteiger partial charge on any atom is -0.485 e. The first-order chi connectivity index (χ1) is 25.5. The van der Waals surface area contributed by atoms with Crippen LogP contribution in [0.15, 0.2) is 87.1 Å². The van der Waals surface area contributed by atoms with Crippen molar-refractivity contribution in [1.82, 2.24) is 0 Å². The maximum atomic E-state index is 12.8. The molecule has 0 amide bonds. The highest BCUT2D eigenvalue weighted by molar-refractivity contribution is 5.93. The van der Waals surface area contributed by atoms with E-state index in [1.54, 1.807) is 43.3 Å². The number of esters is 2. The molecule has 7 unspecified atom stereocenters. The molecule has 0 spiro atoms. The van der Waals surface area contributed by atoms with Crippen LogP contribution in [0, 0.1) is 28.6 Å². The molecule has 284 valence electrons. The van der Waals surface area contributed by atoms with E-state index in [0.717, 1.165) is 36.6 Å². The summed E-state index contributed by atoms with van der Waals surface area (Å²) in [6.45, 7) is 13.3. The van der Waals surface area contributed by atoms with Crippen LogP contribution in [0.25, 0.3) is 11.0 Å². The number of hydrogen-bond acceptors (Lipinski definition) is 9. The van der Waals surface area contributed by atoms with Crippen molar-refractivity contribution in [2.24, 2.45) is 28.6 Å². The van der Waals surface area contributed by atoms with Crippen LogP contribution in [-0.2, 0) is 30.3 Å². The first kappa shape index (κ1) is 37.5. The first-order valence-electron chi connectivity index (χ1n) is 19.1. The zero-order valence-corrected chi connectivity index (χ0v) is 32.3. The van der Waals surface area contributed by atoms with E-state index in [0.29, 0.717) is 53.9 Å². The van der Waals surface area contributed by atoms with Crippen LogP contribution >= 0.6 is 0 Å². The van der Waals surface area contributed by atoms with E-state index < -0.39 is 16.8 Å². The minimum atomic E-state index is -0.990. The molecule has 1 aliphatic heterocycles. The highest BCUT2D eigenvalue weighted by atomic mass is 16.6. The lowest BCUT2D eigenvalue weighted by Crippen LogP contribution is -2.58. The number of ketones is 2. The summed E-state index contributed by atoms with van der Waals surface area (Å²) in [7, 11) is 0. The summed E-state index contributed by atoms with van der Waals surface area (Å²) >= 11 is 0. The topological polar surface area (TPSA) is 126 Å². The van der Waals surface area contributed by atoms with Crippen LogP contribution in [0.1, 0.15) is 103 Å². The number of hydrogen-bond donors (Lipinski definition) is 0. The lowest BCUT2D eigenvalue weighted by atomic mass is 9.47. The second-order valence-corrected chi connectivity index (χ2v) is 17.0. The summed E-state index contributed by atoms with van der Waals surface area (Å²) in [5.74, 6) is 1.30. The molecule has 9 nitrogen and oxygen atoms in total. The Morgan fingerprint density at radius 1 is 0.907 bits per heavy atom. The largest absolute Gasteiger partial charge is 0.485 e. The van der Waals surface area contributed by atoms with Gasteiger partial charge >= 0.3 is 17.6 Å². The fraction of sp³-hybridized carbons (Fsp3) is 0.489. The van der Waals surface area contributed by atoms with Crippen LogP contribution in [-0.4, -0.2) is 40.8 Å². The average Bonchev–Trinajstić information content (AvgIpc) is 3.67. The Morgan fingerprint density at radius 3 is 2.33 bits per heavy atom. The SMILES string of the molecule is CC(=O)OC1(C(C)=O)CCC2C3C=C(C)C4=CC(=O)CCC4(C)C3CCC21C.CC(C)(OC(=O)c1ccccc1)C1Cc2cc3ccc(=O)oc3cc2O1. The Morgan fingerprint density at radius 2 is 1.63 bits per heavy atom. The van der Waals surface area contributed by atoms with E-state index in [-0.39, 0.29) is 40.4 Å². The molecule has 2 heterocycles. The van der Waals surface area contributed by atoms with Gasteiger partial charge in [-0.15, -0.1) is 0 Å². The van der Waals surface area contributed by atoms with Gasteiger partial charge in [-0.2, -0.15) is 0 Å². The van der Waals surface area contributed by atoms with Crippen LogP contribution in [0.2, 0.25) is 0 Å². The van der Waals surface area contributed by atoms with E-state index in [1.165, 1.54) is 24.1 Å². The Kier molecular flexibility index (Phi) is 9.38. The minimum absolute atomic E-state index is 0.0160. The maximum Gasteiger partial charge on any atom is 0.338 e. The predicted octanol–water partition coefficient (Wildman–Crippen LogP) is 8.31. The van der Waals surface area contributed by atoms with E-state index in [9.17, 15) is 24.0 Å². The van der Waals surface area contributed by atoms with Gasteiger partial charge in [-0.05, 0) is 124 Å². The van der Waals surface area contributed by atoms with Gasteiger partial charge in [0.1, 0.15) is 23.0 Å². The monoisotopic (exact) mass is 734 g/mol. The zero-order chi connectivity index (χ0) is 38.8. The number of carbonyl (C=O) groups excluding carboxylic acids is 4. The molecule has 7 atom stereocenters. The first-order valence-corrected chi connectivity index (χ1v) is 19.1. The number of Topliss-reactive ketones (excluding diaryl/α,β-unsaturated/α-hetero) is 1. The number of fused-ring (bicyclic) bond motifs is 7. The molecular formula is C45H50O9. The van der Waals surface area contributed by atoms with E-state index in [4.69, 9.17) is 18.6 Å². The van der Waals surface area contributed by atoms with Crippen molar-refractivity contribution in [3.05, 3.63) is 99.4 Å². The van der Waals surface area contributed by atoms with Gasteiger partial charge in [-0.1, -0.05) is 43.7 Å². The highest BCUT2D eigenvalue weighted by Crippen LogP contribution is 2.67. The molecular weight excluding hydrogens is 684 g/mol.